The van der Waals surface area contributed by atoms with Crippen LogP contribution >= 0.6 is 11.6 Å². The van der Waals surface area contributed by atoms with Gasteiger partial charge < -0.3 is 10.2 Å². The minimum absolute atomic E-state index is 0.122. The van der Waals surface area contributed by atoms with E-state index in [0.717, 1.165) is 11.3 Å². The Morgan fingerprint density at radius 3 is 2.90 bits per heavy atom. The summed E-state index contributed by atoms with van der Waals surface area (Å²) in [6.45, 7) is 4.25. The molecule has 0 saturated carbocycles. The maximum Gasteiger partial charge on any atom is 0.254 e. The van der Waals surface area contributed by atoms with E-state index in [0.29, 0.717) is 17.1 Å². The molecule has 21 heavy (non-hydrogen) atoms. The fraction of sp³-hybridized carbons (Fsp3) is 0.200. The molecule has 2 rings (SSSR count). The number of rotatable bonds is 5. The summed E-state index contributed by atoms with van der Waals surface area (Å²) >= 11 is 6.07. The van der Waals surface area contributed by atoms with E-state index in [-0.39, 0.29) is 5.91 Å². The number of benzene rings is 1. The van der Waals surface area contributed by atoms with Crippen LogP contribution in [0, 0.1) is 0 Å². The van der Waals surface area contributed by atoms with Gasteiger partial charge in [0.25, 0.3) is 5.91 Å². The van der Waals surface area contributed by atoms with E-state index in [1.54, 1.807) is 43.3 Å². The van der Waals surface area contributed by atoms with Gasteiger partial charge in [0.05, 0.1) is 16.8 Å². The average molecular weight is 305 g/mol. The Labute approximate surface area is 128 Å². The minimum Gasteiger partial charge on any atom is -0.381 e. The lowest BCUT2D eigenvalue weighted by atomic mass is 10.1. The Balaban J connectivity index is 2.12. The lowest BCUT2D eigenvalue weighted by Gasteiger charge is -2.13. The van der Waals surface area contributed by atoms with Crippen molar-refractivity contribution in [2.24, 2.45) is 0 Å². The Hall–Kier alpha value is -2.27. The van der Waals surface area contributed by atoms with Gasteiger partial charge in [-0.25, -0.2) is 4.68 Å². The van der Waals surface area contributed by atoms with Crippen LogP contribution < -0.4 is 5.32 Å². The van der Waals surface area contributed by atoms with Gasteiger partial charge in [0.2, 0.25) is 0 Å². The highest BCUT2D eigenvalue weighted by Gasteiger charge is 2.13. The topological polar surface area (TPSA) is 50.2 Å². The van der Waals surface area contributed by atoms with Crippen LogP contribution in [-0.2, 0) is 6.54 Å². The molecule has 1 aromatic carbocycles. The number of anilines is 1. The van der Waals surface area contributed by atoms with Crippen LogP contribution in [0.1, 0.15) is 15.9 Å². The van der Waals surface area contributed by atoms with E-state index in [2.05, 4.69) is 17.0 Å². The molecule has 0 atom stereocenters. The molecule has 110 valence electrons. The molecular weight excluding hydrogens is 288 g/mol. The van der Waals surface area contributed by atoms with Crippen molar-refractivity contribution in [3.05, 3.63) is 53.3 Å². The number of carbonyl (C=O) groups excluding carboxylic acids is 1. The molecular formula is C15H17ClN4O. The molecule has 0 saturated heterocycles. The molecule has 0 radical (unpaired) electrons. The Morgan fingerprint density at radius 2 is 2.29 bits per heavy atom. The molecule has 6 heteroatoms. The predicted octanol–water partition coefficient (Wildman–Crippen LogP) is 2.95. The summed E-state index contributed by atoms with van der Waals surface area (Å²) < 4.78 is 1.64. The highest BCUT2D eigenvalue weighted by atomic mass is 35.5. The Kier molecular flexibility index (Phi) is 4.65. The maximum atomic E-state index is 12.0. The fourth-order valence-electron chi connectivity index (χ4n) is 1.81. The normalized spacial score (nSPS) is 10.2. The number of hydrogen-bond donors (Lipinski definition) is 1. The Bertz CT molecular complexity index is 663. The SMILES string of the molecule is C=Cn1cc(CNc2ccc(Cl)c(C(=O)N(C)C)c2)cn1. The van der Waals surface area contributed by atoms with Gasteiger partial charge in [-0.3, -0.25) is 4.79 Å². The van der Waals surface area contributed by atoms with E-state index < -0.39 is 0 Å². The number of nitrogens with one attached hydrogen (secondary N) is 1. The summed E-state index contributed by atoms with van der Waals surface area (Å²) in [5.74, 6) is -0.122. The summed E-state index contributed by atoms with van der Waals surface area (Å²) in [6, 6.07) is 5.31. The fourth-order valence-corrected chi connectivity index (χ4v) is 2.01. The number of aromatic nitrogens is 2. The number of nitrogens with zero attached hydrogens (tertiary/aromatic N) is 3. The number of amides is 1. The first-order chi connectivity index (χ1) is 10.0. The molecule has 5 nitrogen and oxygen atoms in total. The van der Waals surface area contributed by atoms with Gasteiger partial charge in [0, 0.05) is 44.3 Å². The van der Waals surface area contributed by atoms with E-state index >= 15 is 0 Å². The van der Waals surface area contributed by atoms with Gasteiger partial charge in [0.15, 0.2) is 0 Å². The first-order valence-corrected chi connectivity index (χ1v) is 6.79. The Morgan fingerprint density at radius 1 is 1.52 bits per heavy atom. The van der Waals surface area contributed by atoms with Crippen molar-refractivity contribution >= 4 is 29.4 Å². The summed E-state index contributed by atoms with van der Waals surface area (Å²) in [7, 11) is 3.39. The zero-order chi connectivity index (χ0) is 15.4. The highest BCUT2D eigenvalue weighted by molar-refractivity contribution is 6.34. The third kappa shape index (κ3) is 3.64. The van der Waals surface area contributed by atoms with Crippen LogP contribution in [0.4, 0.5) is 5.69 Å². The van der Waals surface area contributed by atoms with E-state index in [9.17, 15) is 4.79 Å². The van der Waals surface area contributed by atoms with E-state index in [1.807, 2.05) is 12.3 Å². The quantitative estimate of drug-likeness (QED) is 0.924. The van der Waals surface area contributed by atoms with Crippen molar-refractivity contribution in [3.63, 3.8) is 0 Å². The first kappa shape index (κ1) is 15.1. The van der Waals surface area contributed by atoms with Crippen LogP contribution in [0.2, 0.25) is 5.02 Å². The molecule has 1 aromatic heterocycles. The number of halogens is 1. The molecule has 0 spiro atoms. The molecule has 0 fully saturated rings. The minimum atomic E-state index is -0.122. The molecule has 2 aromatic rings. The lowest BCUT2D eigenvalue weighted by molar-refractivity contribution is 0.0828. The summed E-state index contributed by atoms with van der Waals surface area (Å²) in [5, 5.41) is 7.79. The number of carbonyl (C=O) groups is 1. The molecule has 1 heterocycles. The predicted molar refractivity (Wildman–Crippen MR) is 85.4 cm³/mol. The van der Waals surface area contributed by atoms with Crippen molar-refractivity contribution in [2.45, 2.75) is 6.54 Å². The van der Waals surface area contributed by atoms with Gasteiger partial charge in [-0.05, 0) is 18.2 Å². The second-order valence-electron chi connectivity index (χ2n) is 4.76. The van der Waals surface area contributed by atoms with Crippen LogP contribution in [-0.4, -0.2) is 34.7 Å². The number of hydrogen-bond acceptors (Lipinski definition) is 3. The van der Waals surface area contributed by atoms with Gasteiger partial charge in [-0.15, -0.1) is 0 Å². The lowest BCUT2D eigenvalue weighted by Crippen LogP contribution is -2.22. The zero-order valence-electron chi connectivity index (χ0n) is 12.0. The van der Waals surface area contributed by atoms with Crippen LogP contribution in [0.5, 0.6) is 0 Å². The largest absolute Gasteiger partial charge is 0.381 e. The second kappa shape index (κ2) is 6.45. The van der Waals surface area contributed by atoms with Crippen LogP contribution in [0.15, 0.2) is 37.2 Å². The summed E-state index contributed by atoms with van der Waals surface area (Å²) in [4.78, 5) is 13.5. The van der Waals surface area contributed by atoms with Crippen molar-refractivity contribution in [1.82, 2.24) is 14.7 Å². The van der Waals surface area contributed by atoms with Crippen molar-refractivity contribution < 1.29 is 4.79 Å². The third-order valence-corrected chi connectivity index (χ3v) is 3.27. The average Bonchev–Trinajstić information content (AvgIpc) is 2.93. The maximum absolute atomic E-state index is 12.0. The first-order valence-electron chi connectivity index (χ1n) is 6.42. The van der Waals surface area contributed by atoms with Crippen molar-refractivity contribution in [3.8, 4) is 0 Å². The van der Waals surface area contributed by atoms with Crippen molar-refractivity contribution in [1.29, 1.82) is 0 Å². The van der Waals surface area contributed by atoms with Gasteiger partial charge in [-0.2, -0.15) is 5.10 Å². The van der Waals surface area contributed by atoms with E-state index in [1.165, 1.54) is 4.90 Å². The molecule has 0 aliphatic carbocycles. The molecule has 1 N–H and O–H groups in total. The summed E-state index contributed by atoms with van der Waals surface area (Å²) in [6.07, 6.45) is 5.26. The van der Waals surface area contributed by atoms with Gasteiger partial charge >= 0.3 is 0 Å². The zero-order valence-corrected chi connectivity index (χ0v) is 12.8. The molecule has 0 aliphatic heterocycles. The van der Waals surface area contributed by atoms with Crippen LogP contribution in [0.3, 0.4) is 0 Å². The van der Waals surface area contributed by atoms with Crippen LogP contribution in [0.25, 0.3) is 6.20 Å². The summed E-state index contributed by atoms with van der Waals surface area (Å²) in [5.41, 5.74) is 2.33. The second-order valence-corrected chi connectivity index (χ2v) is 5.17. The van der Waals surface area contributed by atoms with Gasteiger partial charge in [-0.1, -0.05) is 18.2 Å². The smallest absolute Gasteiger partial charge is 0.254 e. The third-order valence-electron chi connectivity index (χ3n) is 2.94. The van der Waals surface area contributed by atoms with Crippen molar-refractivity contribution in [2.75, 3.05) is 19.4 Å². The molecule has 0 unspecified atom stereocenters. The molecule has 0 aliphatic rings. The van der Waals surface area contributed by atoms with E-state index in [4.69, 9.17) is 11.6 Å². The van der Waals surface area contributed by atoms with Gasteiger partial charge in [0.1, 0.15) is 0 Å². The molecule has 1 amide bonds. The highest BCUT2D eigenvalue weighted by Crippen LogP contribution is 2.22. The molecule has 0 bridgehead atoms. The standard InChI is InChI=1S/C15H17ClN4O/c1-4-20-10-11(9-18-20)8-17-12-5-6-14(16)13(7-12)15(21)19(2)3/h4-7,9-10,17H,1,8H2,2-3H3. The monoisotopic (exact) mass is 304 g/mol.